The van der Waals surface area contributed by atoms with Gasteiger partial charge in [-0.25, -0.2) is 9.38 Å². The van der Waals surface area contributed by atoms with Crippen LogP contribution in [0.4, 0.5) is 4.39 Å². The number of benzene rings is 1. The van der Waals surface area contributed by atoms with Crippen LogP contribution in [0.5, 0.6) is 0 Å². The van der Waals surface area contributed by atoms with Crippen LogP contribution in [0.15, 0.2) is 29.3 Å². The fourth-order valence-electron chi connectivity index (χ4n) is 2.43. The van der Waals surface area contributed by atoms with Crippen molar-refractivity contribution in [2.24, 2.45) is 4.99 Å². The smallest absolute Gasteiger partial charge is 0.241 e. The van der Waals surface area contributed by atoms with Crippen molar-refractivity contribution in [3.8, 4) is 0 Å². The molecule has 2 N–H and O–H groups in total. The van der Waals surface area contributed by atoms with Gasteiger partial charge in [-0.15, -0.1) is 24.0 Å². The minimum atomic E-state index is -0.268. The number of likely N-dealkylation sites (N-methyl/N-ethyl adjacent to an activating group) is 1. The number of halogens is 2. The Balaban J connectivity index is 0.00000338. The molecule has 2 rings (SSSR count). The predicted molar refractivity (Wildman–Crippen MR) is 111 cm³/mol. The molecule has 0 aliphatic carbocycles. The summed E-state index contributed by atoms with van der Waals surface area (Å²) in [6, 6.07) is 6.23. The maximum absolute atomic E-state index is 13.0. The van der Waals surface area contributed by atoms with Gasteiger partial charge < -0.3 is 20.3 Å². The second-order valence-electron chi connectivity index (χ2n) is 6.30. The van der Waals surface area contributed by atoms with Gasteiger partial charge in [-0.1, -0.05) is 12.1 Å². The van der Waals surface area contributed by atoms with Gasteiger partial charge in [0.05, 0.1) is 19.2 Å². The Morgan fingerprint density at radius 3 is 2.62 bits per heavy atom. The van der Waals surface area contributed by atoms with Crippen LogP contribution >= 0.6 is 24.0 Å². The largest absolute Gasteiger partial charge is 0.376 e. The average Bonchev–Trinajstić information content (AvgIpc) is 2.63. The van der Waals surface area contributed by atoms with Crippen molar-refractivity contribution in [3.05, 3.63) is 35.6 Å². The van der Waals surface area contributed by atoms with Crippen molar-refractivity contribution in [1.82, 2.24) is 15.5 Å². The van der Waals surface area contributed by atoms with Crippen molar-refractivity contribution in [1.29, 1.82) is 0 Å². The van der Waals surface area contributed by atoms with Gasteiger partial charge in [0.15, 0.2) is 5.96 Å². The van der Waals surface area contributed by atoms with Crippen LogP contribution in [0.2, 0.25) is 0 Å². The highest BCUT2D eigenvalue weighted by molar-refractivity contribution is 14.0. The Morgan fingerprint density at radius 1 is 1.27 bits per heavy atom. The number of rotatable bonds is 6. The molecule has 146 valence electrons. The summed E-state index contributed by atoms with van der Waals surface area (Å²) in [7, 11) is 3.42. The monoisotopic (exact) mass is 478 g/mol. The number of amides is 1. The number of carbonyl (C=O) groups excluding carboxylic acids is 1. The van der Waals surface area contributed by atoms with E-state index in [2.05, 4.69) is 15.6 Å². The van der Waals surface area contributed by atoms with Crippen molar-refractivity contribution >= 4 is 35.8 Å². The second kappa shape index (κ2) is 12.1. The van der Waals surface area contributed by atoms with Gasteiger partial charge in [-0.2, -0.15) is 0 Å². The lowest BCUT2D eigenvalue weighted by Gasteiger charge is -2.24. The third-order valence-corrected chi connectivity index (χ3v) is 4.01. The van der Waals surface area contributed by atoms with Crippen LogP contribution < -0.4 is 10.6 Å². The summed E-state index contributed by atoms with van der Waals surface area (Å²) in [6.07, 6.45) is 3.46. The maximum Gasteiger partial charge on any atom is 0.241 e. The first-order valence-electron chi connectivity index (χ1n) is 8.63. The normalized spacial score (nSPS) is 17.2. The number of ether oxygens (including phenoxy) is 1. The lowest BCUT2D eigenvalue weighted by atomic mass is 10.1. The highest BCUT2D eigenvalue weighted by Gasteiger charge is 2.14. The lowest BCUT2D eigenvalue weighted by molar-refractivity contribution is -0.127. The van der Waals surface area contributed by atoms with Gasteiger partial charge in [0.25, 0.3) is 0 Å². The van der Waals surface area contributed by atoms with Gasteiger partial charge in [0, 0.05) is 27.2 Å². The number of aliphatic imine (C=N–C) groups is 1. The van der Waals surface area contributed by atoms with E-state index in [1.54, 1.807) is 26.2 Å². The number of nitrogens with zero attached hydrogens (tertiary/aromatic N) is 2. The van der Waals surface area contributed by atoms with Crippen LogP contribution in [-0.2, 0) is 16.1 Å². The first-order valence-corrected chi connectivity index (χ1v) is 8.63. The molecule has 0 bridgehead atoms. The minimum absolute atomic E-state index is 0. The Labute approximate surface area is 171 Å². The van der Waals surface area contributed by atoms with E-state index in [0.29, 0.717) is 19.0 Å². The standard InChI is InChI=1S/C18H27FN4O2.HI/c1-23(2)17(24)13-22-18(21-12-16-5-3-4-10-25-16)20-11-14-6-8-15(19)9-7-14;/h6-9,16H,3-5,10-13H2,1-2H3,(H2,20,21,22);1H. The Kier molecular flexibility index (Phi) is 10.5. The highest BCUT2D eigenvalue weighted by atomic mass is 127. The molecule has 1 aliphatic heterocycles. The molecule has 1 atom stereocenters. The topological polar surface area (TPSA) is 66.0 Å². The van der Waals surface area contributed by atoms with Crippen LogP contribution in [0.3, 0.4) is 0 Å². The molecule has 6 nitrogen and oxygen atoms in total. The van der Waals surface area contributed by atoms with Gasteiger partial charge in [0.2, 0.25) is 5.91 Å². The molecule has 1 fully saturated rings. The summed E-state index contributed by atoms with van der Waals surface area (Å²) in [5.74, 6) is 0.245. The maximum atomic E-state index is 13.0. The molecule has 0 spiro atoms. The molecule has 1 saturated heterocycles. The van der Waals surface area contributed by atoms with E-state index in [-0.39, 0.29) is 48.3 Å². The molecule has 1 heterocycles. The van der Waals surface area contributed by atoms with Crippen LogP contribution in [0.1, 0.15) is 24.8 Å². The molecule has 1 amide bonds. The molecule has 1 aliphatic rings. The third kappa shape index (κ3) is 8.31. The van der Waals surface area contributed by atoms with Crippen LogP contribution in [-0.4, -0.2) is 56.7 Å². The van der Waals surface area contributed by atoms with Crippen LogP contribution in [0.25, 0.3) is 0 Å². The van der Waals surface area contributed by atoms with Crippen molar-refractivity contribution in [3.63, 3.8) is 0 Å². The summed E-state index contributed by atoms with van der Waals surface area (Å²) in [5.41, 5.74) is 0.898. The van der Waals surface area contributed by atoms with Gasteiger partial charge in [-0.3, -0.25) is 4.79 Å². The molecule has 26 heavy (non-hydrogen) atoms. The molecule has 8 heteroatoms. The minimum Gasteiger partial charge on any atom is -0.376 e. The van der Waals surface area contributed by atoms with E-state index in [1.165, 1.54) is 23.5 Å². The van der Waals surface area contributed by atoms with E-state index >= 15 is 0 Å². The van der Waals surface area contributed by atoms with E-state index in [0.717, 1.165) is 25.0 Å². The second-order valence-corrected chi connectivity index (χ2v) is 6.30. The van der Waals surface area contributed by atoms with Gasteiger partial charge >= 0.3 is 0 Å². The summed E-state index contributed by atoms with van der Waals surface area (Å²) >= 11 is 0. The number of carbonyl (C=O) groups is 1. The fourth-order valence-corrected chi connectivity index (χ4v) is 2.43. The molecule has 0 radical (unpaired) electrons. The highest BCUT2D eigenvalue weighted by Crippen LogP contribution is 2.11. The van der Waals surface area contributed by atoms with Crippen LogP contribution in [0, 0.1) is 5.82 Å². The van der Waals surface area contributed by atoms with E-state index in [1.807, 2.05) is 0 Å². The molecular formula is C18H28FIN4O2. The number of nitrogens with one attached hydrogen (secondary N) is 2. The van der Waals surface area contributed by atoms with E-state index < -0.39 is 0 Å². The zero-order valence-electron chi connectivity index (χ0n) is 15.3. The van der Waals surface area contributed by atoms with Crippen molar-refractivity contribution in [2.75, 3.05) is 33.8 Å². The molecule has 1 unspecified atom stereocenters. The first kappa shape index (κ1) is 22.6. The zero-order chi connectivity index (χ0) is 18.1. The SMILES string of the molecule is CN(C)C(=O)CNC(=NCc1ccc(F)cc1)NCC1CCCCO1.I. The zero-order valence-corrected chi connectivity index (χ0v) is 17.7. The molecule has 0 saturated carbocycles. The number of hydrogen-bond donors (Lipinski definition) is 2. The van der Waals surface area contributed by atoms with Gasteiger partial charge in [-0.05, 0) is 37.0 Å². The predicted octanol–water partition coefficient (Wildman–Crippen LogP) is 2.14. The fraction of sp³-hybridized carbons (Fsp3) is 0.556. The van der Waals surface area contributed by atoms with E-state index in [9.17, 15) is 9.18 Å². The quantitative estimate of drug-likeness (QED) is 0.374. The summed E-state index contributed by atoms with van der Waals surface area (Å²) in [5, 5.41) is 6.27. The Bertz CT molecular complexity index is 575. The Hall–Kier alpha value is -1.42. The summed E-state index contributed by atoms with van der Waals surface area (Å²) < 4.78 is 18.7. The van der Waals surface area contributed by atoms with Crippen molar-refractivity contribution in [2.45, 2.75) is 31.9 Å². The van der Waals surface area contributed by atoms with Gasteiger partial charge in [0.1, 0.15) is 5.82 Å². The lowest BCUT2D eigenvalue weighted by Crippen LogP contribution is -2.45. The average molecular weight is 478 g/mol. The Morgan fingerprint density at radius 2 is 2.00 bits per heavy atom. The molecule has 1 aromatic carbocycles. The molecule has 0 aromatic heterocycles. The van der Waals surface area contributed by atoms with E-state index in [4.69, 9.17) is 4.74 Å². The first-order chi connectivity index (χ1) is 12.0. The number of hydrogen-bond acceptors (Lipinski definition) is 3. The molecule has 1 aromatic rings. The summed E-state index contributed by atoms with van der Waals surface area (Å²) in [4.78, 5) is 17.8. The number of guanidine groups is 1. The van der Waals surface area contributed by atoms with Crippen molar-refractivity contribution < 1.29 is 13.9 Å². The third-order valence-electron chi connectivity index (χ3n) is 4.01. The summed E-state index contributed by atoms with van der Waals surface area (Å²) in [6.45, 7) is 2.00. The molecular weight excluding hydrogens is 450 g/mol.